The van der Waals surface area contributed by atoms with Gasteiger partial charge in [-0.15, -0.1) is 0 Å². The Hall–Kier alpha value is -2.02. The van der Waals surface area contributed by atoms with E-state index in [2.05, 4.69) is 20.4 Å². The van der Waals surface area contributed by atoms with Crippen LogP contribution in [0.15, 0.2) is 12.5 Å². The zero-order chi connectivity index (χ0) is 13.1. The van der Waals surface area contributed by atoms with Crippen LogP contribution in [0, 0.1) is 6.92 Å². The van der Waals surface area contributed by atoms with Crippen LogP contribution in [0.2, 0.25) is 0 Å². The molecule has 0 radical (unpaired) electrons. The first kappa shape index (κ1) is 12.4. The van der Waals surface area contributed by atoms with Crippen LogP contribution in [0.3, 0.4) is 0 Å². The highest BCUT2D eigenvalue weighted by atomic mass is 16.3. The molecule has 7 nitrogen and oxygen atoms in total. The Bertz CT molecular complexity index is 562. The van der Waals surface area contributed by atoms with Gasteiger partial charge in [0.15, 0.2) is 0 Å². The van der Waals surface area contributed by atoms with E-state index in [1.165, 1.54) is 17.0 Å². The van der Waals surface area contributed by atoms with E-state index in [0.717, 1.165) is 0 Å². The van der Waals surface area contributed by atoms with Crippen LogP contribution in [0.1, 0.15) is 29.4 Å². The summed E-state index contributed by atoms with van der Waals surface area (Å²) < 4.78 is 1.51. The van der Waals surface area contributed by atoms with Gasteiger partial charge in [-0.2, -0.15) is 10.1 Å². The summed E-state index contributed by atoms with van der Waals surface area (Å²) in [5, 5.41) is 15.8. The third-order valence-electron chi connectivity index (χ3n) is 2.84. The van der Waals surface area contributed by atoms with Crippen molar-refractivity contribution in [3.63, 3.8) is 0 Å². The zero-order valence-electron chi connectivity index (χ0n) is 10.3. The lowest BCUT2D eigenvalue weighted by atomic mass is 10.2. The van der Waals surface area contributed by atoms with E-state index in [-0.39, 0.29) is 18.6 Å². The Morgan fingerprint density at radius 3 is 3.00 bits per heavy atom. The molecule has 0 fully saturated rings. The first-order valence-electron chi connectivity index (χ1n) is 5.74. The molecular weight excluding hydrogens is 234 g/mol. The summed E-state index contributed by atoms with van der Waals surface area (Å²) >= 11 is 0. The van der Waals surface area contributed by atoms with E-state index in [9.17, 15) is 4.79 Å². The Morgan fingerprint density at radius 2 is 2.33 bits per heavy atom. The molecule has 96 valence electrons. The fraction of sp³-hybridized carbons (Fsp3) is 0.455. The lowest BCUT2D eigenvalue weighted by Crippen LogP contribution is -2.37. The second-order valence-electron chi connectivity index (χ2n) is 3.99. The van der Waals surface area contributed by atoms with Gasteiger partial charge < -0.3 is 10.4 Å². The van der Waals surface area contributed by atoms with Crippen molar-refractivity contribution in [2.75, 3.05) is 6.61 Å². The van der Waals surface area contributed by atoms with E-state index in [0.29, 0.717) is 23.5 Å². The lowest BCUT2D eigenvalue weighted by Gasteiger charge is -2.14. The standard InChI is InChI=1S/C11H15N5O2/c1-3-8(5-17)15-10(18)9-4-12-11-13-6-14-16(11)7(9)2/h4,6,8,17H,3,5H2,1-2H3,(H,15,18)/t8-/m1/s1. The summed E-state index contributed by atoms with van der Waals surface area (Å²) in [6.07, 6.45) is 3.53. The Kier molecular flexibility index (Phi) is 3.52. The summed E-state index contributed by atoms with van der Waals surface area (Å²) in [7, 11) is 0. The molecule has 1 amide bonds. The largest absolute Gasteiger partial charge is 0.394 e. The van der Waals surface area contributed by atoms with Gasteiger partial charge in [0.2, 0.25) is 0 Å². The van der Waals surface area contributed by atoms with E-state index in [1.54, 1.807) is 6.92 Å². The topological polar surface area (TPSA) is 92.4 Å². The number of aliphatic hydroxyl groups is 1. The van der Waals surface area contributed by atoms with Crippen LogP contribution < -0.4 is 5.32 Å². The fourth-order valence-corrected chi connectivity index (χ4v) is 1.65. The molecule has 0 aromatic carbocycles. The van der Waals surface area contributed by atoms with Crippen molar-refractivity contribution < 1.29 is 9.90 Å². The summed E-state index contributed by atoms with van der Waals surface area (Å²) in [6.45, 7) is 3.59. The smallest absolute Gasteiger partial charge is 0.254 e. The van der Waals surface area contributed by atoms with E-state index >= 15 is 0 Å². The van der Waals surface area contributed by atoms with Crippen LogP contribution in [0.5, 0.6) is 0 Å². The highest BCUT2D eigenvalue weighted by molar-refractivity contribution is 5.95. The Labute approximate surface area is 104 Å². The number of aryl methyl sites for hydroxylation is 1. The molecule has 2 N–H and O–H groups in total. The SMILES string of the molecule is CC[C@H](CO)NC(=O)c1cnc2ncnn2c1C. The summed E-state index contributed by atoms with van der Waals surface area (Å²) in [4.78, 5) is 20.0. The number of carbonyl (C=O) groups is 1. The maximum absolute atomic E-state index is 12.0. The maximum atomic E-state index is 12.0. The molecule has 2 heterocycles. The molecule has 0 saturated carbocycles. The maximum Gasteiger partial charge on any atom is 0.254 e. The molecular formula is C11H15N5O2. The molecule has 1 atom stereocenters. The van der Waals surface area contributed by atoms with E-state index < -0.39 is 0 Å². The number of nitrogens with one attached hydrogen (secondary N) is 1. The van der Waals surface area contributed by atoms with Gasteiger partial charge in [-0.3, -0.25) is 4.79 Å². The molecule has 2 aromatic rings. The van der Waals surface area contributed by atoms with Gasteiger partial charge in [0, 0.05) is 6.20 Å². The summed E-state index contributed by atoms with van der Waals surface area (Å²) in [5.41, 5.74) is 1.10. The van der Waals surface area contributed by atoms with Gasteiger partial charge in [0.05, 0.1) is 23.9 Å². The van der Waals surface area contributed by atoms with Crippen molar-refractivity contribution in [1.82, 2.24) is 24.9 Å². The quantitative estimate of drug-likeness (QED) is 0.791. The van der Waals surface area contributed by atoms with Crippen molar-refractivity contribution in [3.8, 4) is 0 Å². The number of amides is 1. The van der Waals surface area contributed by atoms with Crippen LogP contribution >= 0.6 is 0 Å². The van der Waals surface area contributed by atoms with E-state index in [4.69, 9.17) is 5.11 Å². The third-order valence-corrected chi connectivity index (χ3v) is 2.84. The van der Waals surface area contributed by atoms with Gasteiger partial charge in [-0.1, -0.05) is 6.92 Å². The minimum atomic E-state index is -0.265. The van der Waals surface area contributed by atoms with Crippen molar-refractivity contribution in [3.05, 3.63) is 23.8 Å². The molecule has 0 aliphatic heterocycles. The summed E-state index contributed by atoms with van der Waals surface area (Å²) in [6, 6.07) is -0.247. The molecule has 2 rings (SSSR count). The van der Waals surface area contributed by atoms with Crippen molar-refractivity contribution in [2.24, 2.45) is 0 Å². The minimum absolute atomic E-state index is 0.0830. The monoisotopic (exact) mass is 249 g/mol. The second kappa shape index (κ2) is 5.09. The minimum Gasteiger partial charge on any atom is -0.394 e. The Balaban J connectivity index is 2.30. The first-order valence-corrected chi connectivity index (χ1v) is 5.74. The predicted molar refractivity (Wildman–Crippen MR) is 64.2 cm³/mol. The average Bonchev–Trinajstić information content (AvgIpc) is 2.85. The highest BCUT2D eigenvalue weighted by Gasteiger charge is 2.16. The number of hydrogen-bond donors (Lipinski definition) is 2. The molecule has 0 aliphatic carbocycles. The number of nitrogens with zero attached hydrogens (tertiary/aromatic N) is 4. The molecule has 0 aliphatic rings. The van der Waals surface area contributed by atoms with Gasteiger partial charge in [0.25, 0.3) is 11.7 Å². The van der Waals surface area contributed by atoms with E-state index in [1.807, 2.05) is 6.92 Å². The van der Waals surface area contributed by atoms with Crippen LogP contribution in [0.4, 0.5) is 0 Å². The van der Waals surface area contributed by atoms with Gasteiger partial charge >= 0.3 is 0 Å². The number of aliphatic hydroxyl groups excluding tert-OH is 1. The van der Waals surface area contributed by atoms with Crippen LogP contribution in [0.25, 0.3) is 5.78 Å². The molecule has 0 saturated heterocycles. The molecule has 0 unspecified atom stereocenters. The number of carbonyl (C=O) groups excluding carboxylic acids is 1. The van der Waals surface area contributed by atoms with Gasteiger partial charge in [-0.05, 0) is 13.3 Å². The molecule has 7 heteroatoms. The van der Waals surface area contributed by atoms with Crippen molar-refractivity contribution >= 4 is 11.7 Å². The zero-order valence-corrected chi connectivity index (χ0v) is 10.3. The normalized spacial score (nSPS) is 12.6. The number of hydrogen-bond acceptors (Lipinski definition) is 5. The van der Waals surface area contributed by atoms with Crippen LogP contribution in [-0.2, 0) is 0 Å². The number of rotatable bonds is 4. The second-order valence-corrected chi connectivity index (χ2v) is 3.99. The fourth-order valence-electron chi connectivity index (χ4n) is 1.65. The molecule has 18 heavy (non-hydrogen) atoms. The average molecular weight is 249 g/mol. The third kappa shape index (κ3) is 2.17. The lowest BCUT2D eigenvalue weighted by molar-refractivity contribution is 0.0913. The highest BCUT2D eigenvalue weighted by Crippen LogP contribution is 2.07. The summed E-state index contributed by atoms with van der Waals surface area (Å²) in [5.74, 6) is 0.191. The Morgan fingerprint density at radius 1 is 1.56 bits per heavy atom. The van der Waals surface area contributed by atoms with Crippen molar-refractivity contribution in [2.45, 2.75) is 26.3 Å². The van der Waals surface area contributed by atoms with Crippen molar-refractivity contribution in [1.29, 1.82) is 0 Å². The van der Waals surface area contributed by atoms with Gasteiger partial charge in [-0.25, -0.2) is 9.50 Å². The molecule has 0 spiro atoms. The molecule has 2 aromatic heterocycles. The first-order chi connectivity index (χ1) is 8.67. The predicted octanol–water partition coefficient (Wildman–Crippen LogP) is -0.0666. The number of aromatic nitrogens is 4. The van der Waals surface area contributed by atoms with Gasteiger partial charge in [0.1, 0.15) is 6.33 Å². The van der Waals surface area contributed by atoms with Crippen LogP contribution in [-0.4, -0.2) is 43.2 Å². The molecule has 0 bridgehead atoms. The number of fused-ring (bicyclic) bond motifs is 1.